The third-order valence-corrected chi connectivity index (χ3v) is 4.62. The van der Waals surface area contributed by atoms with Crippen molar-refractivity contribution >= 4 is 17.0 Å². The highest BCUT2D eigenvalue weighted by Crippen LogP contribution is 2.22. The summed E-state index contributed by atoms with van der Waals surface area (Å²) in [5.41, 5.74) is 2.96. The van der Waals surface area contributed by atoms with Crippen molar-refractivity contribution in [3.8, 4) is 17.0 Å². The van der Waals surface area contributed by atoms with E-state index >= 15 is 0 Å². The molecular weight excluding hydrogens is 335 g/mol. The number of halogens is 1. The first kappa shape index (κ1) is 17.4. The predicted molar refractivity (Wildman–Crippen MR) is 101 cm³/mol. The zero-order valence-corrected chi connectivity index (χ0v) is 15.2. The van der Waals surface area contributed by atoms with Crippen molar-refractivity contribution in [1.29, 1.82) is 0 Å². The van der Waals surface area contributed by atoms with Crippen LogP contribution in [0.25, 0.3) is 11.3 Å². The second-order valence-corrected chi connectivity index (χ2v) is 6.44. The summed E-state index contributed by atoms with van der Waals surface area (Å²) in [5.74, 6) is 0.626. The Morgan fingerprint density at radius 2 is 1.76 bits per heavy atom. The van der Waals surface area contributed by atoms with Crippen molar-refractivity contribution in [3.05, 3.63) is 64.5 Å². The van der Waals surface area contributed by atoms with Gasteiger partial charge in [-0.3, -0.25) is 0 Å². The van der Waals surface area contributed by atoms with Crippen LogP contribution in [0.3, 0.4) is 0 Å². The minimum Gasteiger partial charge on any atom is -0.494 e. The predicted octanol–water partition coefficient (Wildman–Crippen LogP) is 5.40. The van der Waals surface area contributed by atoms with Gasteiger partial charge in [0.2, 0.25) is 0 Å². The zero-order valence-electron chi connectivity index (χ0n) is 14.4. The first-order valence-electron chi connectivity index (χ1n) is 8.43. The molecule has 3 nitrogen and oxygen atoms in total. The van der Waals surface area contributed by atoms with Crippen LogP contribution < -0.4 is 9.54 Å². The molecule has 0 aliphatic heterocycles. The molecule has 5 heteroatoms. The third-order valence-electron chi connectivity index (χ3n) is 3.76. The molecule has 0 saturated carbocycles. The molecule has 130 valence electrons. The zero-order chi connectivity index (χ0) is 17.6. The van der Waals surface area contributed by atoms with E-state index in [1.165, 1.54) is 12.1 Å². The lowest BCUT2D eigenvalue weighted by Gasteiger charge is -2.08. The van der Waals surface area contributed by atoms with Crippen LogP contribution in [-0.4, -0.2) is 11.2 Å². The summed E-state index contributed by atoms with van der Waals surface area (Å²) in [4.78, 5) is 5.71. The van der Waals surface area contributed by atoms with Gasteiger partial charge in [-0.25, -0.2) is 9.38 Å². The van der Waals surface area contributed by atoms with Crippen LogP contribution in [0.2, 0.25) is 0 Å². The lowest BCUT2D eigenvalue weighted by Crippen LogP contribution is -2.15. The van der Waals surface area contributed by atoms with Crippen molar-refractivity contribution in [2.75, 3.05) is 6.61 Å². The second-order valence-electron chi connectivity index (χ2n) is 5.60. The highest BCUT2D eigenvalue weighted by molar-refractivity contribution is 7.07. The maximum atomic E-state index is 13.2. The Hall–Kier alpha value is -2.40. The van der Waals surface area contributed by atoms with Crippen molar-refractivity contribution in [3.63, 3.8) is 0 Å². The summed E-state index contributed by atoms with van der Waals surface area (Å²) < 4.78 is 20.9. The lowest BCUT2D eigenvalue weighted by molar-refractivity contribution is 0.340. The van der Waals surface area contributed by atoms with E-state index in [0.717, 1.165) is 40.5 Å². The van der Waals surface area contributed by atoms with E-state index in [9.17, 15) is 4.39 Å². The topological polar surface area (TPSA) is 26.5 Å². The molecule has 0 atom stereocenters. The molecular formula is C20H21FN2OS. The average Bonchev–Trinajstić information content (AvgIpc) is 3.01. The van der Waals surface area contributed by atoms with E-state index < -0.39 is 0 Å². The van der Waals surface area contributed by atoms with Gasteiger partial charge in [-0.2, -0.15) is 0 Å². The SMILES string of the molecule is CCCn1c(-c2ccc(F)cc2)csc1=Nc1ccc(OCC)cc1. The number of ether oxygens (including phenoxy) is 1. The molecule has 1 aromatic heterocycles. The van der Waals surface area contributed by atoms with Crippen molar-refractivity contribution < 1.29 is 9.13 Å². The maximum absolute atomic E-state index is 13.2. The van der Waals surface area contributed by atoms with Crippen LogP contribution in [0.15, 0.2) is 58.9 Å². The quantitative estimate of drug-likeness (QED) is 0.581. The fourth-order valence-electron chi connectivity index (χ4n) is 2.60. The van der Waals surface area contributed by atoms with Gasteiger partial charge in [0.05, 0.1) is 18.0 Å². The Labute approximate surface area is 151 Å². The summed E-state index contributed by atoms with van der Waals surface area (Å²) in [5, 5.41) is 2.08. The van der Waals surface area contributed by atoms with Crippen LogP contribution in [-0.2, 0) is 6.54 Å². The molecule has 3 aromatic rings. The number of aromatic nitrogens is 1. The van der Waals surface area contributed by atoms with E-state index in [-0.39, 0.29) is 5.82 Å². The molecule has 0 aliphatic rings. The molecule has 0 amide bonds. The molecule has 0 aliphatic carbocycles. The summed E-state index contributed by atoms with van der Waals surface area (Å²) in [7, 11) is 0. The monoisotopic (exact) mass is 356 g/mol. The van der Waals surface area contributed by atoms with Crippen molar-refractivity contribution in [2.45, 2.75) is 26.8 Å². The van der Waals surface area contributed by atoms with Crippen LogP contribution in [0.4, 0.5) is 10.1 Å². The Bertz CT molecular complexity index is 879. The van der Waals surface area contributed by atoms with Crippen LogP contribution in [0.5, 0.6) is 5.75 Å². The molecule has 3 rings (SSSR count). The van der Waals surface area contributed by atoms with Crippen molar-refractivity contribution in [1.82, 2.24) is 4.57 Å². The summed E-state index contributed by atoms with van der Waals surface area (Å²) in [6, 6.07) is 14.4. The van der Waals surface area contributed by atoms with Crippen LogP contribution in [0.1, 0.15) is 20.3 Å². The standard InChI is InChI=1S/C20H21FN2OS/c1-3-13-23-19(15-5-7-16(21)8-6-15)14-25-20(23)22-17-9-11-18(12-10-17)24-4-2/h5-12,14H,3-4,13H2,1-2H3. The van der Waals surface area contributed by atoms with E-state index in [2.05, 4.69) is 16.9 Å². The van der Waals surface area contributed by atoms with Gasteiger partial charge in [-0.1, -0.05) is 6.92 Å². The molecule has 0 spiro atoms. The first-order valence-corrected chi connectivity index (χ1v) is 9.31. The minimum absolute atomic E-state index is 0.222. The molecule has 0 unspecified atom stereocenters. The van der Waals surface area contributed by atoms with Gasteiger partial charge in [-0.15, -0.1) is 11.3 Å². The van der Waals surface area contributed by atoms with Crippen LogP contribution in [0, 0.1) is 5.82 Å². The molecule has 25 heavy (non-hydrogen) atoms. The summed E-state index contributed by atoms with van der Waals surface area (Å²) in [6.45, 7) is 5.62. The van der Waals surface area contributed by atoms with Crippen molar-refractivity contribution in [2.24, 2.45) is 4.99 Å². The third kappa shape index (κ3) is 4.17. The number of hydrogen-bond donors (Lipinski definition) is 0. The number of thiazole rings is 1. The minimum atomic E-state index is -0.222. The lowest BCUT2D eigenvalue weighted by atomic mass is 10.1. The van der Waals surface area contributed by atoms with Gasteiger partial charge in [0.15, 0.2) is 4.80 Å². The number of nitrogens with zero attached hydrogens (tertiary/aromatic N) is 2. The van der Waals surface area contributed by atoms with Gasteiger partial charge in [0.25, 0.3) is 0 Å². The van der Waals surface area contributed by atoms with E-state index in [1.807, 2.05) is 43.3 Å². The Balaban J connectivity index is 1.99. The fourth-order valence-corrected chi connectivity index (χ4v) is 3.56. The molecule has 2 aromatic carbocycles. The second kappa shape index (κ2) is 8.12. The average molecular weight is 356 g/mol. The molecule has 0 radical (unpaired) electrons. The van der Waals surface area contributed by atoms with E-state index in [0.29, 0.717) is 6.61 Å². The Morgan fingerprint density at radius 3 is 2.40 bits per heavy atom. The molecule has 1 heterocycles. The van der Waals surface area contributed by atoms with Gasteiger partial charge in [0, 0.05) is 11.9 Å². The Kier molecular flexibility index (Phi) is 5.66. The van der Waals surface area contributed by atoms with E-state index in [4.69, 9.17) is 9.73 Å². The molecule has 0 fully saturated rings. The van der Waals surface area contributed by atoms with Gasteiger partial charge >= 0.3 is 0 Å². The van der Waals surface area contributed by atoms with E-state index in [1.54, 1.807) is 11.3 Å². The molecule has 0 saturated heterocycles. The highest BCUT2D eigenvalue weighted by atomic mass is 32.1. The van der Waals surface area contributed by atoms with Gasteiger partial charge in [0.1, 0.15) is 11.6 Å². The molecule has 0 bridgehead atoms. The molecule has 0 N–H and O–H groups in total. The largest absolute Gasteiger partial charge is 0.494 e. The normalized spacial score (nSPS) is 11.7. The van der Waals surface area contributed by atoms with Crippen LogP contribution >= 0.6 is 11.3 Å². The number of rotatable bonds is 6. The highest BCUT2D eigenvalue weighted by Gasteiger charge is 2.08. The fraction of sp³-hybridized carbons (Fsp3) is 0.250. The summed E-state index contributed by atoms with van der Waals surface area (Å²) in [6.07, 6.45) is 1.00. The Morgan fingerprint density at radius 1 is 1.04 bits per heavy atom. The van der Waals surface area contributed by atoms with Gasteiger partial charge in [-0.05, 0) is 67.4 Å². The number of benzene rings is 2. The van der Waals surface area contributed by atoms with Gasteiger partial charge < -0.3 is 9.30 Å². The smallest absolute Gasteiger partial charge is 0.190 e. The maximum Gasteiger partial charge on any atom is 0.190 e. The summed E-state index contributed by atoms with van der Waals surface area (Å²) >= 11 is 1.60. The number of hydrogen-bond acceptors (Lipinski definition) is 3. The first-order chi connectivity index (χ1) is 12.2.